The van der Waals surface area contributed by atoms with Crippen LogP contribution in [-0.4, -0.2) is 30.7 Å². The van der Waals surface area contributed by atoms with Gasteiger partial charge in [0.25, 0.3) is 0 Å². The molecule has 2 rings (SSSR count). The maximum atomic E-state index is 12.2. The fraction of sp³-hybridized carbons (Fsp3) is 0.700. The van der Waals surface area contributed by atoms with Crippen molar-refractivity contribution in [3.8, 4) is 0 Å². The quantitative estimate of drug-likeness (QED) is 0.720. The van der Waals surface area contributed by atoms with Crippen LogP contribution in [0, 0.1) is 13.8 Å². The number of hydrogen-bond donors (Lipinski definition) is 3. The molecule has 0 spiro atoms. The van der Waals surface area contributed by atoms with Gasteiger partial charge in [-0.3, -0.25) is 5.10 Å². The molecule has 17 heavy (non-hydrogen) atoms. The molecule has 1 heterocycles. The Morgan fingerprint density at radius 1 is 1.41 bits per heavy atom. The van der Waals surface area contributed by atoms with E-state index >= 15 is 0 Å². The lowest BCUT2D eigenvalue weighted by Crippen LogP contribution is -2.44. The number of rotatable bonds is 3. The third-order valence-electron chi connectivity index (χ3n) is 3.21. The zero-order chi connectivity index (χ0) is 12.6. The van der Waals surface area contributed by atoms with Gasteiger partial charge in [0.15, 0.2) is 0 Å². The third kappa shape index (κ3) is 2.36. The first-order chi connectivity index (χ1) is 7.92. The van der Waals surface area contributed by atoms with Gasteiger partial charge in [-0.1, -0.05) is 6.42 Å². The molecule has 1 aromatic heterocycles. The number of nitrogens with two attached hydrogens (primary N) is 1. The molecule has 7 heteroatoms. The highest BCUT2D eigenvalue weighted by Gasteiger charge is 2.31. The second-order valence-corrected chi connectivity index (χ2v) is 6.24. The Bertz CT molecular complexity index is 489. The zero-order valence-corrected chi connectivity index (χ0v) is 10.8. The summed E-state index contributed by atoms with van der Waals surface area (Å²) in [5.41, 5.74) is 6.91. The summed E-state index contributed by atoms with van der Waals surface area (Å²) in [6, 6.07) is -0.244. The summed E-state index contributed by atoms with van der Waals surface area (Å²) >= 11 is 0. The van der Waals surface area contributed by atoms with Crippen LogP contribution in [0.1, 0.15) is 30.7 Å². The molecule has 1 fully saturated rings. The molecule has 1 saturated carbocycles. The lowest BCUT2D eigenvalue weighted by Gasteiger charge is -2.17. The topological polar surface area (TPSA) is 101 Å². The van der Waals surface area contributed by atoms with Crippen molar-refractivity contribution in [2.45, 2.75) is 50.1 Å². The zero-order valence-electron chi connectivity index (χ0n) is 10.0. The van der Waals surface area contributed by atoms with Gasteiger partial charge in [-0.2, -0.15) is 5.10 Å². The van der Waals surface area contributed by atoms with Crippen molar-refractivity contribution in [2.75, 3.05) is 0 Å². The Morgan fingerprint density at radius 2 is 2.12 bits per heavy atom. The van der Waals surface area contributed by atoms with Crippen LogP contribution in [0.15, 0.2) is 4.90 Å². The second-order valence-electron chi connectivity index (χ2n) is 4.59. The number of sulfonamides is 1. The maximum Gasteiger partial charge on any atom is 0.244 e. The summed E-state index contributed by atoms with van der Waals surface area (Å²) in [5, 5.41) is 6.58. The van der Waals surface area contributed by atoms with E-state index in [1.54, 1.807) is 13.8 Å². The van der Waals surface area contributed by atoms with Crippen LogP contribution in [0.3, 0.4) is 0 Å². The van der Waals surface area contributed by atoms with Crippen molar-refractivity contribution in [1.29, 1.82) is 0 Å². The smallest absolute Gasteiger partial charge is 0.244 e. The first kappa shape index (κ1) is 12.5. The normalized spacial score (nSPS) is 25.4. The molecular formula is C10H18N4O2S. The third-order valence-corrected chi connectivity index (χ3v) is 4.96. The summed E-state index contributed by atoms with van der Waals surface area (Å²) in [6.07, 6.45) is 2.64. The highest BCUT2D eigenvalue weighted by molar-refractivity contribution is 7.89. The molecular weight excluding hydrogens is 240 g/mol. The number of aryl methyl sites for hydroxylation is 2. The van der Waals surface area contributed by atoms with Gasteiger partial charge in [0.2, 0.25) is 10.0 Å². The first-order valence-electron chi connectivity index (χ1n) is 5.71. The van der Waals surface area contributed by atoms with Gasteiger partial charge in [-0.05, 0) is 26.7 Å². The fourth-order valence-electron chi connectivity index (χ4n) is 2.33. The van der Waals surface area contributed by atoms with Crippen LogP contribution >= 0.6 is 0 Å². The predicted octanol–water partition coefficient (Wildman–Crippen LogP) is 0.185. The standard InChI is InChI=1S/C10H18N4O2S/c1-6-10(7(2)13-12-6)17(15,16)14-9-5-3-4-8(9)11/h8-9,14H,3-5,11H2,1-2H3,(H,12,13). The van der Waals surface area contributed by atoms with Crippen molar-refractivity contribution >= 4 is 10.0 Å². The van der Waals surface area contributed by atoms with Gasteiger partial charge in [0, 0.05) is 12.1 Å². The Hall–Kier alpha value is -0.920. The van der Waals surface area contributed by atoms with Crippen molar-refractivity contribution in [3.05, 3.63) is 11.4 Å². The molecule has 2 atom stereocenters. The SMILES string of the molecule is Cc1n[nH]c(C)c1S(=O)(=O)NC1CCCC1N. The van der Waals surface area contributed by atoms with E-state index in [2.05, 4.69) is 14.9 Å². The number of nitrogens with one attached hydrogen (secondary N) is 2. The van der Waals surface area contributed by atoms with Gasteiger partial charge < -0.3 is 5.73 Å². The van der Waals surface area contributed by atoms with Crippen LogP contribution in [0.2, 0.25) is 0 Å². The second kappa shape index (κ2) is 4.40. The molecule has 6 nitrogen and oxygen atoms in total. The molecule has 0 radical (unpaired) electrons. The molecule has 0 aliphatic heterocycles. The van der Waals surface area contributed by atoms with E-state index in [0.717, 1.165) is 19.3 Å². The maximum absolute atomic E-state index is 12.2. The summed E-state index contributed by atoms with van der Waals surface area (Å²) in [4.78, 5) is 0.247. The molecule has 96 valence electrons. The molecule has 2 unspecified atom stereocenters. The molecule has 0 amide bonds. The first-order valence-corrected chi connectivity index (χ1v) is 7.19. The van der Waals surface area contributed by atoms with Crippen molar-refractivity contribution in [2.24, 2.45) is 5.73 Å². The van der Waals surface area contributed by atoms with E-state index in [9.17, 15) is 8.42 Å². The van der Waals surface area contributed by atoms with E-state index in [1.165, 1.54) is 0 Å². The molecule has 0 bridgehead atoms. The lowest BCUT2D eigenvalue weighted by molar-refractivity contribution is 0.521. The number of aromatic nitrogens is 2. The van der Waals surface area contributed by atoms with Gasteiger partial charge in [-0.25, -0.2) is 13.1 Å². The Labute approximate surface area is 101 Å². The van der Waals surface area contributed by atoms with E-state index in [-0.39, 0.29) is 17.0 Å². The summed E-state index contributed by atoms with van der Waals surface area (Å²) in [7, 11) is -3.52. The summed E-state index contributed by atoms with van der Waals surface area (Å²) < 4.78 is 27.1. The highest BCUT2D eigenvalue weighted by atomic mass is 32.2. The largest absolute Gasteiger partial charge is 0.326 e. The van der Waals surface area contributed by atoms with Gasteiger partial charge in [0.1, 0.15) is 4.90 Å². The number of hydrogen-bond acceptors (Lipinski definition) is 4. The van der Waals surface area contributed by atoms with Crippen LogP contribution in [0.25, 0.3) is 0 Å². The molecule has 1 aliphatic rings. The van der Waals surface area contributed by atoms with E-state index in [1.807, 2.05) is 0 Å². The lowest BCUT2D eigenvalue weighted by atomic mass is 10.2. The molecule has 1 aromatic rings. The van der Waals surface area contributed by atoms with Crippen molar-refractivity contribution in [3.63, 3.8) is 0 Å². The number of aromatic amines is 1. The molecule has 4 N–H and O–H groups in total. The Balaban J connectivity index is 2.25. The molecule has 0 aromatic carbocycles. The van der Waals surface area contributed by atoms with Crippen LogP contribution in [-0.2, 0) is 10.0 Å². The average molecular weight is 258 g/mol. The number of H-pyrrole nitrogens is 1. The van der Waals surface area contributed by atoms with Crippen LogP contribution in [0.5, 0.6) is 0 Å². The average Bonchev–Trinajstić information content (AvgIpc) is 2.74. The monoisotopic (exact) mass is 258 g/mol. The van der Waals surface area contributed by atoms with Crippen LogP contribution in [0.4, 0.5) is 0 Å². The Morgan fingerprint density at radius 3 is 2.59 bits per heavy atom. The van der Waals surface area contributed by atoms with Gasteiger partial charge in [0.05, 0.1) is 11.4 Å². The van der Waals surface area contributed by atoms with Gasteiger partial charge in [-0.15, -0.1) is 0 Å². The van der Waals surface area contributed by atoms with Crippen molar-refractivity contribution < 1.29 is 8.42 Å². The minimum atomic E-state index is -3.52. The highest BCUT2D eigenvalue weighted by Crippen LogP contribution is 2.22. The molecule has 0 saturated heterocycles. The summed E-state index contributed by atoms with van der Waals surface area (Å²) in [5.74, 6) is 0. The summed E-state index contributed by atoms with van der Waals surface area (Å²) in [6.45, 7) is 3.37. The van der Waals surface area contributed by atoms with E-state index < -0.39 is 10.0 Å². The predicted molar refractivity (Wildman–Crippen MR) is 64.0 cm³/mol. The van der Waals surface area contributed by atoms with E-state index in [4.69, 9.17) is 5.73 Å². The minimum Gasteiger partial charge on any atom is -0.326 e. The van der Waals surface area contributed by atoms with Gasteiger partial charge >= 0.3 is 0 Å². The van der Waals surface area contributed by atoms with Crippen LogP contribution < -0.4 is 10.5 Å². The fourth-order valence-corrected chi connectivity index (χ4v) is 4.02. The van der Waals surface area contributed by atoms with E-state index in [0.29, 0.717) is 11.4 Å². The number of nitrogens with zero attached hydrogens (tertiary/aromatic N) is 1. The Kier molecular flexibility index (Phi) is 3.24. The van der Waals surface area contributed by atoms with Crippen molar-refractivity contribution in [1.82, 2.24) is 14.9 Å². The molecule has 1 aliphatic carbocycles. The minimum absolute atomic E-state index is 0.0858.